The highest BCUT2D eigenvalue weighted by Gasteiger charge is 2.12. The second-order valence-electron chi connectivity index (χ2n) is 5.54. The number of hydrogen-bond donors (Lipinski definition) is 2. The molecular weight excluding hydrogens is 351 g/mol. The standard InChI is InChI=1S/C19H17FN4O3/c1-26-16-6-4-12(8-14(16)19(21)25)24-18-9-15(22-10-23-18)13-5-3-11(20)7-17(13)27-2/h3-10H,1-2H3,(H2,21,25)(H,22,23,24). The number of methoxy groups -OCH3 is 2. The van der Waals surface area contributed by atoms with Crippen LogP contribution in [0, 0.1) is 5.82 Å². The number of benzene rings is 2. The predicted molar refractivity (Wildman–Crippen MR) is 98.8 cm³/mol. The summed E-state index contributed by atoms with van der Waals surface area (Å²) in [6, 6.07) is 10.8. The molecule has 0 spiro atoms. The number of amides is 1. The molecule has 3 N–H and O–H groups in total. The van der Waals surface area contributed by atoms with E-state index in [4.69, 9.17) is 15.2 Å². The summed E-state index contributed by atoms with van der Waals surface area (Å²) in [4.78, 5) is 19.9. The van der Waals surface area contributed by atoms with E-state index in [1.54, 1.807) is 30.3 Å². The molecule has 0 aliphatic carbocycles. The van der Waals surface area contributed by atoms with Gasteiger partial charge in [0.25, 0.3) is 5.91 Å². The number of nitrogens with two attached hydrogens (primary N) is 1. The first-order valence-electron chi connectivity index (χ1n) is 7.92. The minimum atomic E-state index is -0.602. The van der Waals surface area contributed by atoms with E-state index < -0.39 is 11.7 Å². The van der Waals surface area contributed by atoms with Crippen LogP contribution in [0.1, 0.15) is 10.4 Å². The number of nitrogens with one attached hydrogen (secondary N) is 1. The Morgan fingerprint density at radius 1 is 1.04 bits per heavy atom. The first-order chi connectivity index (χ1) is 13.0. The van der Waals surface area contributed by atoms with Gasteiger partial charge in [0.15, 0.2) is 0 Å². The van der Waals surface area contributed by atoms with E-state index in [2.05, 4.69) is 15.3 Å². The van der Waals surface area contributed by atoms with Crippen molar-refractivity contribution in [3.63, 3.8) is 0 Å². The van der Waals surface area contributed by atoms with E-state index in [1.165, 1.54) is 32.7 Å². The Kier molecular flexibility index (Phi) is 5.16. The maximum absolute atomic E-state index is 13.4. The van der Waals surface area contributed by atoms with Crippen LogP contribution in [-0.4, -0.2) is 30.1 Å². The fourth-order valence-corrected chi connectivity index (χ4v) is 2.58. The Hall–Kier alpha value is -3.68. The molecule has 0 atom stereocenters. The van der Waals surface area contributed by atoms with E-state index >= 15 is 0 Å². The zero-order chi connectivity index (χ0) is 19.4. The van der Waals surface area contributed by atoms with Crippen LogP contribution in [0.5, 0.6) is 11.5 Å². The van der Waals surface area contributed by atoms with Gasteiger partial charge in [0.2, 0.25) is 0 Å². The van der Waals surface area contributed by atoms with E-state index in [0.717, 1.165) is 0 Å². The van der Waals surface area contributed by atoms with Crippen molar-refractivity contribution in [1.82, 2.24) is 9.97 Å². The molecule has 27 heavy (non-hydrogen) atoms. The molecule has 2 aromatic carbocycles. The largest absolute Gasteiger partial charge is 0.496 e. The third-order valence-corrected chi connectivity index (χ3v) is 3.84. The number of hydrogen-bond acceptors (Lipinski definition) is 6. The summed E-state index contributed by atoms with van der Waals surface area (Å²) in [5.74, 6) is 0.217. The molecule has 0 unspecified atom stereocenters. The lowest BCUT2D eigenvalue weighted by molar-refractivity contribution is 0.0997. The molecule has 0 saturated heterocycles. The number of aromatic nitrogens is 2. The SMILES string of the molecule is COc1ccc(Nc2cc(-c3ccc(F)cc3OC)ncn2)cc1C(N)=O. The third-order valence-electron chi connectivity index (χ3n) is 3.84. The fraction of sp³-hybridized carbons (Fsp3) is 0.105. The zero-order valence-corrected chi connectivity index (χ0v) is 14.7. The van der Waals surface area contributed by atoms with Gasteiger partial charge in [0, 0.05) is 23.4 Å². The summed E-state index contributed by atoms with van der Waals surface area (Å²) < 4.78 is 23.8. The van der Waals surface area contributed by atoms with Gasteiger partial charge in [-0.25, -0.2) is 14.4 Å². The van der Waals surface area contributed by atoms with E-state index in [-0.39, 0.29) is 5.56 Å². The summed E-state index contributed by atoms with van der Waals surface area (Å²) in [5, 5.41) is 3.08. The van der Waals surface area contributed by atoms with Gasteiger partial charge in [-0.1, -0.05) is 0 Å². The predicted octanol–water partition coefficient (Wildman–Crippen LogP) is 3.14. The molecule has 0 saturated carbocycles. The van der Waals surface area contributed by atoms with Crippen LogP contribution in [0.25, 0.3) is 11.3 Å². The molecule has 8 heteroatoms. The lowest BCUT2D eigenvalue weighted by Gasteiger charge is -2.11. The fourth-order valence-electron chi connectivity index (χ4n) is 2.58. The monoisotopic (exact) mass is 368 g/mol. The normalized spacial score (nSPS) is 10.3. The number of primary amides is 1. The lowest BCUT2D eigenvalue weighted by Crippen LogP contribution is -2.12. The molecule has 0 aliphatic rings. The number of nitrogens with zero attached hydrogens (tertiary/aromatic N) is 2. The highest BCUT2D eigenvalue weighted by molar-refractivity contribution is 5.96. The van der Waals surface area contributed by atoms with E-state index in [0.29, 0.717) is 34.3 Å². The highest BCUT2D eigenvalue weighted by atomic mass is 19.1. The van der Waals surface area contributed by atoms with Gasteiger partial charge >= 0.3 is 0 Å². The minimum absolute atomic E-state index is 0.247. The Balaban J connectivity index is 1.93. The number of carbonyl (C=O) groups is 1. The van der Waals surface area contributed by atoms with Crippen molar-refractivity contribution in [3.05, 3.63) is 60.2 Å². The van der Waals surface area contributed by atoms with E-state index in [1.807, 2.05) is 0 Å². The third kappa shape index (κ3) is 3.95. The molecular formula is C19H17FN4O3. The van der Waals surface area contributed by atoms with Gasteiger partial charge in [0.1, 0.15) is 29.5 Å². The van der Waals surface area contributed by atoms with Crippen molar-refractivity contribution in [1.29, 1.82) is 0 Å². The first-order valence-corrected chi connectivity index (χ1v) is 7.92. The maximum atomic E-state index is 13.4. The summed E-state index contributed by atoms with van der Waals surface area (Å²) in [5.41, 5.74) is 7.40. The molecule has 0 radical (unpaired) electrons. The van der Waals surface area contributed by atoms with Crippen molar-refractivity contribution in [2.24, 2.45) is 5.73 Å². The van der Waals surface area contributed by atoms with Crippen molar-refractivity contribution >= 4 is 17.4 Å². The average molecular weight is 368 g/mol. The summed E-state index contributed by atoms with van der Waals surface area (Å²) >= 11 is 0. The molecule has 0 fully saturated rings. The van der Waals surface area contributed by atoms with Crippen molar-refractivity contribution < 1.29 is 18.7 Å². The molecule has 138 valence electrons. The number of ether oxygens (including phenoxy) is 2. The van der Waals surface area contributed by atoms with Crippen molar-refractivity contribution in [2.75, 3.05) is 19.5 Å². The van der Waals surface area contributed by atoms with Gasteiger partial charge in [0.05, 0.1) is 25.5 Å². The molecule has 3 rings (SSSR count). The molecule has 0 bridgehead atoms. The number of anilines is 2. The Labute approximate surface area is 155 Å². The second-order valence-corrected chi connectivity index (χ2v) is 5.54. The van der Waals surface area contributed by atoms with Gasteiger partial charge in [-0.05, 0) is 30.3 Å². The molecule has 1 aromatic heterocycles. The minimum Gasteiger partial charge on any atom is -0.496 e. The second kappa shape index (κ2) is 7.69. The van der Waals surface area contributed by atoms with Crippen LogP contribution >= 0.6 is 0 Å². The summed E-state index contributed by atoms with van der Waals surface area (Å²) in [7, 11) is 2.92. The molecule has 1 amide bonds. The molecule has 3 aromatic rings. The van der Waals surface area contributed by atoms with Crippen molar-refractivity contribution in [3.8, 4) is 22.8 Å². The Morgan fingerprint density at radius 2 is 1.81 bits per heavy atom. The molecule has 0 aliphatic heterocycles. The molecule has 7 nitrogen and oxygen atoms in total. The van der Waals surface area contributed by atoms with Crippen molar-refractivity contribution in [2.45, 2.75) is 0 Å². The van der Waals surface area contributed by atoms with Gasteiger partial charge in [-0.15, -0.1) is 0 Å². The Bertz CT molecular complexity index is 994. The summed E-state index contributed by atoms with van der Waals surface area (Å²) in [6.07, 6.45) is 1.37. The first kappa shape index (κ1) is 18.1. The van der Waals surface area contributed by atoms with Crippen LogP contribution in [0.2, 0.25) is 0 Å². The van der Waals surface area contributed by atoms with Gasteiger partial charge < -0.3 is 20.5 Å². The highest BCUT2D eigenvalue weighted by Crippen LogP contribution is 2.31. The van der Waals surface area contributed by atoms with Crippen LogP contribution in [0.4, 0.5) is 15.9 Å². The van der Waals surface area contributed by atoms with Crippen LogP contribution in [-0.2, 0) is 0 Å². The number of halogens is 1. The smallest absolute Gasteiger partial charge is 0.252 e. The van der Waals surface area contributed by atoms with Crippen LogP contribution < -0.4 is 20.5 Å². The zero-order valence-electron chi connectivity index (χ0n) is 14.7. The Morgan fingerprint density at radius 3 is 2.52 bits per heavy atom. The van der Waals surface area contributed by atoms with Gasteiger partial charge in [-0.2, -0.15) is 0 Å². The topological polar surface area (TPSA) is 99.4 Å². The quantitative estimate of drug-likeness (QED) is 0.693. The van der Waals surface area contributed by atoms with Crippen LogP contribution in [0.3, 0.4) is 0 Å². The molecule has 1 heterocycles. The number of carbonyl (C=O) groups excluding carboxylic acids is 1. The summed E-state index contributed by atoms with van der Waals surface area (Å²) in [6.45, 7) is 0. The average Bonchev–Trinajstić information content (AvgIpc) is 2.68. The lowest BCUT2D eigenvalue weighted by atomic mass is 10.1. The number of rotatable bonds is 6. The maximum Gasteiger partial charge on any atom is 0.252 e. The van der Waals surface area contributed by atoms with Gasteiger partial charge in [-0.3, -0.25) is 4.79 Å². The van der Waals surface area contributed by atoms with Crippen LogP contribution in [0.15, 0.2) is 48.8 Å². The van der Waals surface area contributed by atoms with E-state index in [9.17, 15) is 9.18 Å².